The molecule has 0 amide bonds. The summed E-state index contributed by atoms with van der Waals surface area (Å²) in [7, 11) is 2.08. The molecule has 292 valence electrons. The lowest BCUT2D eigenvalue weighted by molar-refractivity contribution is 0.383. The van der Waals surface area contributed by atoms with Gasteiger partial charge in [-0.3, -0.25) is 0 Å². The standard InChI is InChI=1S/C58H40N4/c1-61-57(39-18-7-3-8-19-39)59-56(60-58(61)40-20-9-4-10-21-40)44-23-15-22-41(34-44)43-28-31-48-46-24-11-12-25-47(46)52-37-45(30-32-49(52)51(48)35-43)62-54-27-14-13-26-50(54)53-36-42(29-33-55(53)62)38-16-5-2-6-17-38/h2-37,57H,1H3. The highest BCUT2D eigenvalue weighted by atomic mass is 15.3. The second kappa shape index (κ2) is 14.6. The number of aromatic nitrogens is 1. The first-order valence-corrected chi connectivity index (χ1v) is 21.2. The van der Waals surface area contributed by atoms with Crippen LogP contribution >= 0.6 is 0 Å². The molecule has 0 bridgehead atoms. The lowest BCUT2D eigenvalue weighted by Gasteiger charge is -2.32. The van der Waals surface area contributed by atoms with Crippen molar-refractivity contribution in [2.24, 2.45) is 9.98 Å². The first-order chi connectivity index (χ1) is 30.7. The van der Waals surface area contributed by atoms with Crippen molar-refractivity contribution in [2.75, 3.05) is 7.05 Å². The summed E-state index contributed by atoms with van der Waals surface area (Å²) in [6, 6.07) is 78.7. The topological polar surface area (TPSA) is 32.9 Å². The Morgan fingerprint density at radius 3 is 1.66 bits per heavy atom. The molecular formula is C58H40N4. The van der Waals surface area contributed by atoms with Crippen LogP contribution in [-0.2, 0) is 0 Å². The molecule has 1 atom stereocenters. The monoisotopic (exact) mass is 792 g/mol. The van der Waals surface area contributed by atoms with Crippen molar-refractivity contribution in [2.45, 2.75) is 6.17 Å². The average molecular weight is 793 g/mol. The van der Waals surface area contributed by atoms with Gasteiger partial charge in [0, 0.05) is 34.6 Å². The van der Waals surface area contributed by atoms with Gasteiger partial charge >= 0.3 is 0 Å². The lowest BCUT2D eigenvalue weighted by Crippen LogP contribution is -2.35. The second-order valence-corrected chi connectivity index (χ2v) is 16.2. The maximum Gasteiger partial charge on any atom is 0.159 e. The van der Waals surface area contributed by atoms with Crippen LogP contribution in [0.3, 0.4) is 0 Å². The van der Waals surface area contributed by atoms with E-state index in [-0.39, 0.29) is 6.17 Å². The van der Waals surface area contributed by atoms with Crippen molar-refractivity contribution < 1.29 is 0 Å². The van der Waals surface area contributed by atoms with Gasteiger partial charge in [0.2, 0.25) is 0 Å². The number of aliphatic imine (C=N–C) groups is 2. The second-order valence-electron chi connectivity index (χ2n) is 16.2. The Balaban J connectivity index is 0.999. The number of fused-ring (bicyclic) bond motifs is 9. The van der Waals surface area contributed by atoms with Crippen LogP contribution in [0.4, 0.5) is 0 Å². The number of amidine groups is 2. The largest absolute Gasteiger partial charge is 0.333 e. The quantitative estimate of drug-likeness (QED) is 0.154. The van der Waals surface area contributed by atoms with Gasteiger partial charge in [-0.2, -0.15) is 0 Å². The summed E-state index contributed by atoms with van der Waals surface area (Å²) in [6.07, 6.45) is -0.206. The third-order valence-electron chi connectivity index (χ3n) is 12.6. The molecule has 10 aromatic carbocycles. The zero-order valence-corrected chi connectivity index (χ0v) is 34.2. The van der Waals surface area contributed by atoms with Crippen LogP contribution in [0.2, 0.25) is 0 Å². The molecule has 0 saturated carbocycles. The van der Waals surface area contributed by atoms with Crippen LogP contribution < -0.4 is 0 Å². The summed E-state index contributed by atoms with van der Waals surface area (Å²) < 4.78 is 2.43. The lowest BCUT2D eigenvalue weighted by atomic mass is 9.91. The molecule has 12 rings (SSSR count). The molecule has 1 aromatic heterocycles. The van der Waals surface area contributed by atoms with E-state index < -0.39 is 0 Å². The zero-order valence-electron chi connectivity index (χ0n) is 34.2. The van der Waals surface area contributed by atoms with E-state index in [1.807, 2.05) is 12.1 Å². The molecule has 0 saturated heterocycles. The third kappa shape index (κ3) is 5.91. The Labute approximate surface area is 360 Å². The van der Waals surface area contributed by atoms with Crippen LogP contribution in [0.25, 0.3) is 82.1 Å². The summed E-state index contributed by atoms with van der Waals surface area (Å²) in [5, 5.41) is 9.94. The number of benzene rings is 10. The van der Waals surface area contributed by atoms with E-state index in [2.05, 4.69) is 223 Å². The van der Waals surface area contributed by atoms with Gasteiger partial charge in [0.25, 0.3) is 0 Å². The van der Waals surface area contributed by atoms with Crippen LogP contribution in [-0.4, -0.2) is 28.2 Å². The van der Waals surface area contributed by atoms with Crippen molar-refractivity contribution in [3.05, 3.63) is 235 Å². The summed E-state index contributed by atoms with van der Waals surface area (Å²) in [4.78, 5) is 12.7. The molecule has 0 radical (unpaired) electrons. The molecule has 1 aliphatic rings. The minimum Gasteiger partial charge on any atom is -0.333 e. The van der Waals surface area contributed by atoms with Gasteiger partial charge in [0.05, 0.1) is 11.0 Å². The number of nitrogens with zero attached hydrogens (tertiary/aromatic N) is 4. The van der Waals surface area contributed by atoms with Crippen molar-refractivity contribution in [1.29, 1.82) is 0 Å². The fourth-order valence-electron chi connectivity index (χ4n) is 9.61. The normalized spacial score (nSPS) is 14.2. The van der Waals surface area contributed by atoms with Crippen molar-refractivity contribution in [3.63, 3.8) is 0 Å². The van der Waals surface area contributed by atoms with Crippen LogP contribution in [0, 0.1) is 0 Å². The Bertz CT molecular complexity index is 3590. The molecule has 62 heavy (non-hydrogen) atoms. The minimum absolute atomic E-state index is 0.206. The van der Waals surface area contributed by atoms with Crippen molar-refractivity contribution in [3.8, 4) is 27.9 Å². The van der Waals surface area contributed by atoms with Crippen LogP contribution in [0.5, 0.6) is 0 Å². The molecule has 0 spiro atoms. The van der Waals surface area contributed by atoms with Gasteiger partial charge in [0.1, 0.15) is 12.0 Å². The zero-order chi connectivity index (χ0) is 41.1. The van der Waals surface area contributed by atoms with Gasteiger partial charge in [0.15, 0.2) is 5.84 Å². The fourth-order valence-corrected chi connectivity index (χ4v) is 9.61. The molecule has 2 heterocycles. The predicted molar refractivity (Wildman–Crippen MR) is 261 cm³/mol. The first-order valence-electron chi connectivity index (χ1n) is 21.2. The molecule has 0 N–H and O–H groups in total. The highest BCUT2D eigenvalue weighted by molar-refractivity contribution is 6.26. The predicted octanol–water partition coefficient (Wildman–Crippen LogP) is 14.4. The summed E-state index contributed by atoms with van der Waals surface area (Å²) in [5.41, 5.74) is 11.4. The SMILES string of the molecule is CN1C(c2ccccc2)=NC(c2cccc(-c3ccc4c5ccccc5c5cc(-n6c7ccccc7c7cc(-c8ccccc8)ccc76)ccc5c4c3)c2)=NC1c1ccccc1. The van der Waals surface area contributed by atoms with Gasteiger partial charge in [-0.25, -0.2) is 9.98 Å². The Hall–Kier alpha value is -8.08. The van der Waals surface area contributed by atoms with Gasteiger partial charge < -0.3 is 9.47 Å². The van der Waals surface area contributed by atoms with E-state index >= 15 is 0 Å². The van der Waals surface area contributed by atoms with E-state index in [1.165, 1.54) is 65.3 Å². The molecule has 1 unspecified atom stereocenters. The summed E-state index contributed by atoms with van der Waals surface area (Å²) >= 11 is 0. The van der Waals surface area contributed by atoms with E-state index in [9.17, 15) is 0 Å². The van der Waals surface area contributed by atoms with Crippen LogP contribution in [0.15, 0.2) is 228 Å². The Morgan fingerprint density at radius 2 is 0.871 bits per heavy atom. The number of hydrogen-bond acceptors (Lipinski definition) is 3. The number of hydrogen-bond donors (Lipinski definition) is 0. The van der Waals surface area contributed by atoms with E-state index in [0.717, 1.165) is 45.2 Å². The number of rotatable bonds is 6. The number of para-hydroxylation sites is 1. The fraction of sp³-hybridized carbons (Fsp3) is 0.0345. The minimum atomic E-state index is -0.206. The highest BCUT2D eigenvalue weighted by Crippen LogP contribution is 2.41. The molecule has 4 nitrogen and oxygen atoms in total. The average Bonchev–Trinajstić information content (AvgIpc) is 3.68. The van der Waals surface area contributed by atoms with Crippen LogP contribution in [0.1, 0.15) is 22.9 Å². The van der Waals surface area contributed by atoms with E-state index in [0.29, 0.717) is 0 Å². The Morgan fingerprint density at radius 1 is 0.355 bits per heavy atom. The molecular weight excluding hydrogens is 753 g/mol. The summed E-state index contributed by atoms with van der Waals surface area (Å²) in [6.45, 7) is 0. The van der Waals surface area contributed by atoms with Gasteiger partial charge in [-0.15, -0.1) is 0 Å². The van der Waals surface area contributed by atoms with Gasteiger partial charge in [-0.1, -0.05) is 176 Å². The van der Waals surface area contributed by atoms with E-state index in [1.54, 1.807) is 0 Å². The molecule has 1 aliphatic heterocycles. The maximum absolute atomic E-state index is 5.28. The Kier molecular flexibility index (Phi) is 8.42. The summed E-state index contributed by atoms with van der Waals surface area (Å²) in [5.74, 6) is 1.62. The third-order valence-corrected chi connectivity index (χ3v) is 12.6. The van der Waals surface area contributed by atoms with Gasteiger partial charge in [-0.05, 0) is 103 Å². The maximum atomic E-state index is 5.28. The van der Waals surface area contributed by atoms with E-state index in [4.69, 9.17) is 9.98 Å². The molecule has 0 aliphatic carbocycles. The highest BCUT2D eigenvalue weighted by Gasteiger charge is 2.27. The van der Waals surface area contributed by atoms with Crippen molar-refractivity contribution >= 4 is 65.8 Å². The molecule has 4 heteroatoms. The first kappa shape index (κ1) is 35.8. The molecule has 11 aromatic rings. The van der Waals surface area contributed by atoms with Crippen molar-refractivity contribution in [1.82, 2.24) is 9.47 Å². The molecule has 0 fully saturated rings. The smallest absolute Gasteiger partial charge is 0.159 e.